The second-order valence-electron chi connectivity index (χ2n) is 10.7. The minimum absolute atomic E-state index is 0.0735. The number of carbonyl (C=O) groups excluding carboxylic acids is 2. The van der Waals surface area contributed by atoms with Gasteiger partial charge >= 0.3 is 0 Å². The van der Waals surface area contributed by atoms with Gasteiger partial charge in [-0.1, -0.05) is 47.6 Å². The number of para-hydroxylation sites is 1. The maximum atomic E-state index is 14.1. The van der Waals surface area contributed by atoms with E-state index in [1.807, 2.05) is 64.9 Å². The summed E-state index contributed by atoms with van der Waals surface area (Å²) in [5.41, 5.74) is 10.4. The van der Waals surface area contributed by atoms with Crippen molar-refractivity contribution in [1.29, 1.82) is 0 Å². The Hall–Kier alpha value is -4.91. The Bertz CT molecular complexity index is 1780. The zero-order valence-electron chi connectivity index (χ0n) is 23.7. The fourth-order valence-electron chi connectivity index (χ4n) is 5.77. The van der Waals surface area contributed by atoms with E-state index in [9.17, 15) is 9.59 Å². The summed E-state index contributed by atoms with van der Waals surface area (Å²) in [6.45, 7) is 9.22. The summed E-state index contributed by atoms with van der Waals surface area (Å²) in [5.74, 6) is 0.421. The van der Waals surface area contributed by atoms with Crippen molar-refractivity contribution >= 4 is 17.5 Å². The van der Waals surface area contributed by atoms with E-state index in [1.54, 1.807) is 6.07 Å². The van der Waals surface area contributed by atoms with E-state index in [0.29, 0.717) is 35.8 Å². The fraction of sp³-hybridized carbons (Fsp3) is 0.206. The third-order valence-electron chi connectivity index (χ3n) is 7.81. The second-order valence-corrected chi connectivity index (χ2v) is 10.7. The standard InChI is InChI=1S/C34H32N4O3/c1-21-8-7-9-22(2)32(21)29-14-12-25(16-23(29)3)34(40)38-20-28-13-15-31(33(39)35-18-27-17-24(4)41-36-27)37(28)19-26-10-5-6-11-30(26)38/h5-17H,18-20H2,1-4H3,(H,35,39). The van der Waals surface area contributed by atoms with Crippen molar-refractivity contribution < 1.29 is 14.1 Å². The highest BCUT2D eigenvalue weighted by molar-refractivity contribution is 6.07. The van der Waals surface area contributed by atoms with Crippen LogP contribution < -0.4 is 10.2 Å². The Labute approximate surface area is 239 Å². The summed E-state index contributed by atoms with van der Waals surface area (Å²) in [6, 6.07) is 25.7. The SMILES string of the molecule is Cc1cc(CNC(=O)c2ccc3n2Cc2ccccc2N(C(=O)c2ccc(-c4c(C)cccc4C)c(C)c2)C3)no1. The lowest BCUT2D eigenvalue weighted by Crippen LogP contribution is -2.31. The van der Waals surface area contributed by atoms with Gasteiger partial charge in [-0.2, -0.15) is 0 Å². The van der Waals surface area contributed by atoms with Gasteiger partial charge in [0.1, 0.15) is 17.1 Å². The molecule has 0 saturated carbocycles. The zero-order chi connectivity index (χ0) is 28.7. The fourth-order valence-corrected chi connectivity index (χ4v) is 5.77. The van der Waals surface area contributed by atoms with Crippen LogP contribution in [-0.4, -0.2) is 21.5 Å². The minimum atomic E-state index is -0.202. The van der Waals surface area contributed by atoms with Crippen molar-refractivity contribution in [1.82, 2.24) is 15.0 Å². The maximum Gasteiger partial charge on any atom is 0.268 e. The number of fused-ring (bicyclic) bond motifs is 2. The van der Waals surface area contributed by atoms with Gasteiger partial charge in [0, 0.05) is 23.0 Å². The van der Waals surface area contributed by atoms with Gasteiger partial charge in [-0.05, 0) is 91.4 Å². The Morgan fingerprint density at radius 1 is 0.854 bits per heavy atom. The van der Waals surface area contributed by atoms with Gasteiger partial charge in [0.2, 0.25) is 0 Å². The van der Waals surface area contributed by atoms with E-state index in [0.717, 1.165) is 28.1 Å². The molecule has 0 radical (unpaired) electrons. The third-order valence-corrected chi connectivity index (χ3v) is 7.81. The summed E-state index contributed by atoms with van der Waals surface area (Å²) in [7, 11) is 0. The number of carbonyl (C=O) groups is 2. The highest BCUT2D eigenvalue weighted by atomic mass is 16.5. The molecule has 0 unspecified atom stereocenters. The van der Waals surface area contributed by atoms with Crippen LogP contribution in [0.2, 0.25) is 0 Å². The number of nitrogens with one attached hydrogen (secondary N) is 1. The van der Waals surface area contributed by atoms with Gasteiger partial charge in [-0.15, -0.1) is 0 Å². The first-order valence-corrected chi connectivity index (χ1v) is 13.8. The van der Waals surface area contributed by atoms with Crippen LogP contribution in [0.4, 0.5) is 5.69 Å². The summed E-state index contributed by atoms with van der Waals surface area (Å²) < 4.78 is 7.10. The lowest BCUT2D eigenvalue weighted by Gasteiger charge is -2.23. The number of aryl methyl sites for hydroxylation is 4. The first-order chi connectivity index (χ1) is 19.8. The van der Waals surface area contributed by atoms with Crippen molar-refractivity contribution in [3.05, 3.63) is 130 Å². The van der Waals surface area contributed by atoms with Crippen LogP contribution in [0.25, 0.3) is 11.1 Å². The molecule has 3 heterocycles. The van der Waals surface area contributed by atoms with Crippen molar-refractivity contribution in [2.24, 2.45) is 0 Å². The predicted octanol–water partition coefficient (Wildman–Crippen LogP) is 6.52. The first-order valence-electron chi connectivity index (χ1n) is 13.8. The molecule has 7 nitrogen and oxygen atoms in total. The van der Waals surface area contributed by atoms with Crippen molar-refractivity contribution in [3.63, 3.8) is 0 Å². The second kappa shape index (κ2) is 10.6. The van der Waals surface area contributed by atoms with Crippen LogP contribution in [0.15, 0.2) is 83.4 Å². The molecule has 5 aromatic rings. The number of aromatic nitrogens is 2. The number of hydrogen-bond acceptors (Lipinski definition) is 4. The molecule has 3 aromatic carbocycles. The molecule has 6 rings (SSSR count). The maximum absolute atomic E-state index is 14.1. The van der Waals surface area contributed by atoms with Crippen molar-refractivity contribution in [2.45, 2.75) is 47.3 Å². The van der Waals surface area contributed by atoms with Gasteiger partial charge in [-0.25, -0.2) is 0 Å². The Morgan fingerprint density at radius 2 is 1.63 bits per heavy atom. The van der Waals surface area contributed by atoms with Crippen LogP contribution in [0.5, 0.6) is 0 Å². The lowest BCUT2D eigenvalue weighted by atomic mass is 9.91. The zero-order valence-corrected chi connectivity index (χ0v) is 23.7. The molecule has 2 aromatic heterocycles. The molecule has 41 heavy (non-hydrogen) atoms. The molecule has 2 amide bonds. The number of nitrogens with zero attached hydrogens (tertiary/aromatic N) is 3. The van der Waals surface area contributed by atoms with E-state index in [4.69, 9.17) is 4.52 Å². The van der Waals surface area contributed by atoms with E-state index in [1.165, 1.54) is 16.7 Å². The Kier molecular flexibility index (Phi) is 6.79. The summed E-state index contributed by atoms with van der Waals surface area (Å²) in [4.78, 5) is 29.1. The van der Waals surface area contributed by atoms with E-state index in [-0.39, 0.29) is 18.4 Å². The van der Waals surface area contributed by atoms with Gasteiger partial charge in [0.05, 0.1) is 19.6 Å². The van der Waals surface area contributed by atoms with Crippen molar-refractivity contribution in [3.8, 4) is 11.1 Å². The number of rotatable bonds is 5. The monoisotopic (exact) mass is 544 g/mol. The van der Waals surface area contributed by atoms with Gasteiger partial charge < -0.3 is 19.3 Å². The molecule has 0 atom stereocenters. The predicted molar refractivity (Wildman–Crippen MR) is 159 cm³/mol. The summed E-state index contributed by atoms with van der Waals surface area (Å²) in [5, 5.41) is 6.89. The largest absolute Gasteiger partial charge is 0.361 e. The Balaban J connectivity index is 1.31. The highest BCUT2D eigenvalue weighted by Gasteiger charge is 2.27. The van der Waals surface area contributed by atoms with E-state index in [2.05, 4.69) is 55.5 Å². The minimum Gasteiger partial charge on any atom is -0.361 e. The lowest BCUT2D eigenvalue weighted by molar-refractivity contribution is 0.0940. The topological polar surface area (TPSA) is 80.4 Å². The number of anilines is 1. The molecular formula is C34H32N4O3. The summed E-state index contributed by atoms with van der Waals surface area (Å²) in [6.07, 6.45) is 0. The molecule has 1 aliphatic heterocycles. The molecule has 1 N–H and O–H groups in total. The molecule has 206 valence electrons. The van der Waals surface area contributed by atoms with E-state index < -0.39 is 0 Å². The number of hydrogen-bond donors (Lipinski definition) is 1. The molecule has 1 aliphatic rings. The van der Waals surface area contributed by atoms with Crippen LogP contribution in [0.1, 0.15) is 60.2 Å². The third kappa shape index (κ3) is 4.95. The summed E-state index contributed by atoms with van der Waals surface area (Å²) >= 11 is 0. The number of amides is 2. The van der Waals surface area contributed by atoms with Gasteiger partial charge in [-0.3, -0.25) is 9.59 Å². The van der Waals surface area contributed by atoms with Crippen LogP contribution in [0.3, 0.4) is 0 Å². The van der Waals surface area contributed by atoms with Crippen molar-refractivity contribution in [2.75, 3.05) is 4.90 Å². The first kappa shape index (κ1) is 26.3. The van der Waals surface area contributed by atoms with Gasteiger partial charge in [0.15, 0.2) is 0 Å². The average Bonchev–Trinajstić information content (AvgIpc) is 3.52. The molecule has 0 bridgehead atoms. The molecule has 0 spiro atoms. The van der Waals surface area contributed by atoms with Crippen LogP contribution >= 0.6 is 0 Å². The molecule has 0 saturated heterocycles. The quantitative estimate of drug-likeness (QED) is 0.273. The van der Waals surface area contributed by atoms with Crippen LogP contribution in [0, 0.1) is 27.7 Å². The highest BCUT2D eigenvalue weighted by Crippen LogP contribution is 2.33. The average molecular weight is 545 g/mol. The smallest absolute Gasteiger partial charge is 0.268 e. The van der Waals surface area contributed by atoms with Gasteiger partial charge in [0.25, 0.3) is 11.8 Å². The molecular weight excluding hydrogens is 512 g/mol. The molecule has 0 aliphatic carbocycles. The normalized spacial score (nSPS) is 12.4. The van der Waals surface area contributed by atoms with E-state index >= 15 is 0 Å². The number of benzene rings is 3. The van der Waals surface area contributed by atoms with Crippen LogP contribution in [-0.2, 0) is 19.6 Å². The Morgan fingerprint density at radius 3 is 2.37 bits per heavy atom. The molecule has 0 fully saturated rings. The molecule has 7 heteroatoms.